The van der Waals surface area contributed by atoms with Crippen LogP contribution in [0.5, 0.6) is 11.5 Å². The number of rotatable bonds is 23. The Morgan fingerprint density at radius 1 is 0.516 bits per heavy atom. The first-order chi connectivity index (χ1) is 15.4. The fourth-order valence-electron chi connectivity index (χ4n) is 3.90. The summed E-state index contributed by atoms with van der Waals surface area (Å²) in [5.41, 5.74) is 0. The zero-order valence-corrected chi connectivity index (χ0v) is 21.1. The van der Waals surface area contributed by atoms with E-state index in [1.54, 1.807) is 0 Å². The molecule has 0 aromatic heterocycles. The molecule has 0 N–H and O–H groups in total. The van der Waals surface area contributed by atoms with Gasteiger partial charge in [-0.3, -0.25) is 0 Å². The minimum absolute atomic E-state index is 0.695. The molecule has 1 aromatic carbocycles. The highest BCUT2D eigenvalue weighted by Crippen LogP contribution is 2.27. The van der Waals surface area contributed by atoms with Crippen molar-refractivity contribution in [2.75, 3.05) is 19.1 Å². The van der Waals surface area contributed by atoms with Gasteiger partial charge in [-0.25, -0.2) is 0 Å². The van der Waals surface area contributed by atoms with Crippen molar-refractivity contribution in [3.05, 3.63) is 24.3 Å². The van der Waals surface area contributed by atoms with Gasteiger partial charge in [-0.05, 0) is 31.4 Å². The minimum atomic E-state index is 0.695. The van der Waals surface area contributed by atoms with Crippen LogP contribution in [0.25, 0.3) is 0 Å². The molecule has 0 aliphatic carbocycles. The van der Waals surface area contributed by atoms with Gasteiger partial charge in [-0.1, -0.05) is 115 Å². The third-order valence-corrected chi connectivity index (χ3v) is 6.16. The Balaban J connectivity index is 1.88. The van der Waals surface area contributed by atoms with E-state index < -0.39 is 0 Å². The van der Waals surface area contributed by atoms with Gasteiger partial charge in [0, 0.05) is 5.88 Å². The summed E-state index contributed by atoms with van der Waals surface area (Å²) in [7, 11) is 0. The van der Waals surface area contributed by atoms with Crippen molar-refractivity contribution < 1.29 is 9.47 Å². The topological polar surface area (TPSA) is 18.5 Å². The predicted octanol–water partition coefficient (Wildman–Crippen LogP) is 9.72. The lowest BCUT2D eigenvalue weighted by molar-refractivity contribution is 0.260. The van der Waals surface area contributed by atoms with Gasteiger partial charge in [0.25, 0.3) is 0 Å². The Labute approximate surface area is 198 Å². The number of benzene rings is 1. The minimum Gasteiger partial charge on any atom is -0.490 e. The molecule has 0 unspecified atom stereocenters. The van der Waals surface area contributed by atoms with Gasteiger partial charge < -0.3 is 9.47 Å². The molecule has 3 heteroatoms. The fraction of sp³-hybridized carbons (Fsp3) is 0.786. The van der Waals surface area contributed by atoms with Crippen LogP contribution in [0.4, 0.5) is 0 Å². The van der Waals surface area contributed by atoms with E-state index in [0.717, 1.165) is 37.4 Å². The molecule has 0 amide bonds. The lowest BCUT2D eigenvalue weighted by atomic mass is 10.0. The number of ether oxygens (including phenoxy) is 2. The first kappa shape index (κ1) is 28.1. The van der Waals surface area contributed by atoms with Crippen LogP contribution >= 0.6 is 11.6 Å². The monoisotopic (exact) mass is 452 g/mol. The molecule has 0 aliphatic heterocycles. The zero-order chi connectivity index (χ0) is 22.2. The third-order valence-electron chi connectivity index (χ3n) is 5.89. The van der Waals surface area contributed by atoms with E-state index in [0.29, 0.717) is 12.5 Å². The molecule has 0 saturated carbocycles. The van der Waals surface area contributed by atoms with E-state index in [9.17, 15) is 0 Å². The molecular formula is C28H49ClO2. The summed E-state index contributed by atoms with van der Waals surface area (Å²) < 4.78 is 11.8. The lowest BCUT2D eigenvalue weighted by Crippen LogP contribution is -2.02. The second kappa shape index (κ2) is 22.3. The van der Waals surface area contributed by atoms with Crippen LogP contribution in [-0.2, 0) is 0 Å². The lowest BCUT2D eigenvalue weighted by Gasteiger charge is -2.12. The molecule has 31 heavy (non-hydrogen) atoms. The molecule has 0 bridgehead atoms. The van der Waals surface area contributed by atoms with Crippen molar-refractivity contribution in [2.24, 2.45) is 0 Å². The largest absolute Gasteiger partial charge is 0.490 e. The van der Waals surface area contributed by atoms with Crippen molar-refractivity contribution in [2.45, 2.75) is 122 Å². The van der Waals surface area contributed by atoms with E-state index >= 15 is 0 Å². The summed E-state index contributed by atoms with van der Waals surface area (Å²) in [4.78, 5) is 0. The van der Waals surface area contributed by atoms with Gasteiger partial charge in [0.2, 0.25) is 0 Å². The van der Waals surface area contributed by atoms with Crippen LogP contribution in [0.3, 0.4) is 0 Å². The van der Waals surface area contributed by atoms with Crippen molar-refractivity contribution in [3.63, 3.8) is 0 Å². The van der Waals surface area contributed by atoms with Gasteiger partial charge in [0.15, 0.2) is 11.5 Å². The molecule has 2 nitrogen and oxygen atoms in total. The van der Waals surface area contributed by atoms with Gasteiger partial charge in [0.1, 0.15) is 0 Å². The SMILES string of the molecule is CCCCCCCCCCCCCCCCCCOc1ccccc1OCCCCCl. The maximum atomic E-state index is 5.96. The quantitative estimate of drug-likeness (QED) is 0.121. The van der Waals surface area contributed by atoms with Gasteiger partial charge in [0.05, 0.1) is 13.2 Å². The highest BCUT2D eigenvalue weighted by Gasteiger charge is 2.04. The van der Waals surface area contributed by atoms with Crippen molar-refractivity contribution in [3.8, 4) is 11.5 Å². The summed E-state index contributed by atoms with van der Waals surface area (Å²) >= 11 is 5.72. The van der Waals surface area contributed by atoms with E-state index in [1.807, 2.05) is 24.3 Å². The van der Waals surface area contributed by atoms with Crippen LogP contribution in [0.1, 0.15) is 122 Å². The second-order valence-corrected chi connectivity index (χ2v) is 9.22. The standard InChI is InChI=1S/C28H49ClO2/c1-2-3-4-5-6-7-8-9-10-11-12-13-14-15-16-20-25-30-27-22-17-18-23-28(27)31-26-21-19-24-29/h17-18,22-23H,2-16,19-21,24-26H2,1H3. The maximum absolute atomic E-state index is 5.96. The molecule has 0 radical (unpaired) electrons. The fourth-order valence-corrected chi connectivity index (χ4v) is 4.09. The van der Waals surface area contributed by atoms with Crippen LogP contribution in [0.2, 0.25) is 0 Å². The smallest absolute Gasteiger partial charge is 0.161 e. The van der Waals surface area contributed by atoms with Crippen molar-refractivity contribution in [1.29, 1.82) is 0 Å². The third kappa shape index (κ3) is 17.4. The molecule has 0 aliphatic rings. The summed E-state index contributed by atoms with van der Waals surface area (Å²) in [6.45, 7) is 3.77. The van der Waals surface area contributed by atoms with Crippen molar-refractivity contribution >= 4 is 11.6 Å². The first-order valence-corrected chi connectivity index (χ1v) is 13.8. The zero-order valence-electron chi connectivity index (χ0n) is 20.4. The molecule has 180 valence electrons. The molecule has 0 heterocycles. The molecule has 1 rings (SSSR count). The molecule has 1 aromatic rings. The van der Waals surface area contributed by atoms with Crippen LogP contribution in [0, 0.1) is 0 Å². The summed E-state index contributed by atoms with van der Waals surface area (Å²) in [6.07, 6.45) is 24.2. The van der Waals surface area contributed by atoms with E-state index in [2.05, 4.69) is 6.92 Å². The maximum Gasteiger partial charge on any atom is 0.161 e. The Morgan fingerprint density at radius 3 is 1.26 bits per heavy atom. The van der Waals surface area contributed by atoms with Crippen LogP contribution in [0.15, 0.2) is 24.3 Å². The summed E-state index contributed by atoms with van der Waals surface area (Å²) in [5.74, 6) is 2.42. The number of para-hydroxylation sites is 2. The molecular weight excluding hydrogens is 404 g/mol. The molecule has 0 fully saturated rings. The second-order valence-electron chi connectivity index (χ2n) is 8.84. The highest BCUT2D eigenvalue weighted by atomic mass is 35.5. The average molecular weight is 453 g/mol. The Bertz CT molecular complexity index is 492. The predicted molar refractivity (Wildman–Crippen MR) is 137 cm³/mol. The number of alkyl halides is 1. The number of unbranched alkanes of at least 4 members (excludes halogenated alkanes) is 16. The summed E-state index contributed by atoms with van der Waals surface area (Å²) in [5, 5.41) is 0. The Kier molecular flexibility index (Phi) is 20.3. The molecule has 0 spiro atoms. The summed E-state index contributed by atoms with van der Waals surface area (Å²) in [6, 6.07) is 8.00. The normalized spacial score (nSPS) is 11.0. The Morgan fingerprint density at radius 2 is 0.871 bits per heavy atom. The van der Waals surface area contributed by atoms with Crippen LogP contribution < -0.4 is 9.47 Å². The average Bonchev–Trinajstić information content (AvgIpc) is 2.79. The molecule has 0 atom stereocenters. The van der Waals surface area contributed by atoms with Gasteiger partial charge >= 0.3 is 0 Å². The van der Waals surface area contributed by atoms with E-state index in [-0.39, 0.29) is 0 Å². The van der Waals surface area contributed by atoms with Crippen LogP contribution in [-0.4, -0.2) is 19.1 Å². The van der Waals surface area contributed by atoms with E-state index in [4.69, 9.17) is 21.1 Å². The van der Waals surface area contributed by atoms with Crippen molar-refractivity contribution in [1.82, 2.24) is 0 Å². The number of hydrogen-bond acceptors (Lipinski definition) is 2. The molecule has 0 saturated heterocycles. The Hall–Kier alpha value is -0.890. The van der Waals surface area contributed by atoms with Gasteiger partial charge in [-0.15, -0.1) is 11.6 Å². The highest BCUT2D eigenvalue weighted by molar-refractivity contribution is 6.17. The first-order valence-electron chi connectivity index (χ1n) is 13.3. The van der Waals surface area contributed by atoms with Gasteiger partial charge in [-0.2, -0.15) is 0 Å². The number of halogens is 1. The number of hydrogen-bond donors (Lipinski definition) is 0. The van der Waals surface area contributed by atoms with E-state index in [1.165, 1.54) is 96.3 Å².